The number of hydrogen-bond donors (Lipinski definition) is 2. The Balaban J connectivity index is 2.38. The van der Waals surface area contributed by atoms with Crippen LogP contribution in [0.3, 0.4) is 0 Å². The van der Waals surface area contributed by atoms with E-state index in [1.807, 2.05) is 12.3 Å². The summed E-state index contributed by atoms with van der Waals surface area (Å²) >= 11 is 0. The van der Waals surface area contributed by atoms with E-state index in [0.29, 0.717) is 6.04 Å². The van der Waals surface area contributed by atoms with Gasteiger partial charge in [-0.25, -0.2) is 0 Å². The van der Waals surface area contributed by atoms with Crippen LogP contribution in [0.5, 0.6) is 0 Å². The smallest absolute Gasteiger partial charge is 0.172 e. The lowest BCUT2D eigenvalue weighted by atomic mass is 10.1. The van der Waals surface area contributed by atoms with Gasteiger partial charge in [-0.3, -0.25) is 4.98 Å². The van der Waals surface area contributed by atoms with Gasteiger partial charge in [0.15, 0.2) is 5.84 Å². The second-order valence-corrected chi connectivity index (χ2v) is 4.98. The van der Waals surface area contributed by atoms with Crippen LogP contribution in [0.15, 0.2) is 23.6 Å². The summed E-state index contributed by atoms with van der Waals surface area (Å²) < 4.78 is 0. The first-order chi connectivity index (χ1) is 9.27. The molecule has 1 saturated heterocycles. The predicted octanol–water partition coefficient (Wildman–Crippen LogP) is 2.34. The van der Waals surface area contributed by atoms with Crippen molar-refractivity contribution in [3.8, 4) is 0 Å². The summed E-state index contributed by atoms with van der Waals surface area (Å²) in [5, 5.41) is 12.0. The lowest BCUT2D eigenvalue weighted by Gasteiger charge is -2.32. The average molecular weight is 262 g/mol. The van der Waals surface area contributed by atoms with Crippen LogP contribution in [-0.2, 0) is 0 Å². The Morgan fingerprint density at radius 1 is 1.53 bits per heavy atom. The predicted molar refractivity (Wildman–Crippen MR) is 76.6 cm³/mol. The van der Waals surface area contributed by atoms with Gasteiger partial charge in [-0.15, -0.1) is 0 Å². The van der Waals surface area contributed by atoms with Gasteiger partial charge in [-0.2, -0.15) is 0 Å². The molecule has 0 saturated carbocycles. The number of pyridine rings is 1. The highest BCUT2D eigenvalue weighted by molar-refractivity contribution is 6.02. The highest BCUT2D eigenvalue weighted by Crippen LogP contribution is 2.28. The van der Waals surface area contributed by atoms with Gasteiger partial charge in [-0.1, -0.05) is 24.9 Å². The third-order valence-corrected chi connectivity index (χ3v) is 3.84. The minimum absolute atomic E-state index is 0.150. The molecule has 1 unspecified atom stereocenters. The molecule has 1 aliphatic heterocycles. The molecular formula is C14H22N4O. The first kappa shape index (κ1) is 13.6. The number of amidine groups is 1. The zero-order valence-corrected chi connectivity index (χ0v) is 11.4. The van der Waals surface area contributed by atoms with E-state index in [4.69, 9.17) is 10.9 Å². The molecule has 0 aliphatic carbocycles. The zero-order chi connectivity index (χ0) is 13.7. The second-order valence-electron chi connectivity index (χ2n) is 4.98. The van der Waals surface area contributed by atoms with Gasteiger partial charge in [-0.05, 0) is 25.3 Å². The van der Waals surface area contributed by atoms with Crippen LogP contribution in [0.4, 0.5) is 5.69 Å². The van der Waals surface area contributed by atoms with E-state index in [9.17, 15) is 0 Å². The molecule has 3 N–H and O–H groups in total. The zero-order valence-electron chi connectivity index (χ0n) is 11.4. The van der Waals surface area contributed by atoms with Crippen LogP contribution in [0, 0.1) is 0 Å². The summed E-state index contributed by atoms with van der Waals surface area (Å²) in [6.07, 6.45) is 9.52. The number of anilines is 1. The number of hydrogen-bond acceptors (Lipinski definition) is 4. The molecule has 5 heteroatoms. The fourth-order valence-electron chi connectivity index (χ4n) is 2.80. The van der Waals surface area contributed by atoms with Gasteiger partial charge in [0.25, 0.3) is 0 Å². The van der Waals surface area contributed by atoms with Gasteiger partial charge in [0.1, 0.15) is 0 Å². The Labute approximate surface area is 114 Å². The van der Waals surface area contributed by atoms with E-state index < -0.39 is 0 Å². The van der Waals surface area contributed by atoms with Gasteiger partial charge < -0.3 is 15.8 Å². The molecular weight excluding hydrogens is 240 g/mol. The highest BCUT2D eigenvalue weighted by atomic mass is 16.4. The third kappa shape index (κ3) is 2.97. The van der Waals surface area contributed by atoms with Gasteiger partial charge in [0.05, 0.1) is 11.9 Å². The largest absolute Gasteiger partial charge is 0.409 e. The minimum atomic E-state index is 0.150. The molecule has 0 radical (unpaired) electrons. The summed E-state index contributed by atoms with van der Waals surface area (Å²) in [7, 11) is 0. The number of rotatable bonds is 3. The molecule has 19 heavy (non-hydrogen) atoms. The normalized spacial score (nSPS) is 21.2. The van der Waals surface area contributed by atoms with E-state index in [2.05, 4.69) is 22.0 Å². The Morgan fingerprint density at radius 3 is 3.11 bits per heavy atom. The topological polar surface area (TPSA) is 74.7 Å². The Morgan fingerprint density at radius 2 is 2.37 bits per heavy atom. The maximum Gasteiger partial charge on any atom is 0.172 e. The monoisotopic (exact) mass is 262 g/mol. The molecule has 0 bridgehead atoms. The van der Waals surface area contributed by atoms with Crippen molar-refractivity contribution in [2.75, 3.05) is 11.4 Å². The summed E-state index contributed by atoms with van der Waals surface area (Å²) in [6.45, 7) is 3.22. The van der Waals surface area contributed by atoms with E-state index in [1.54, 1.807) is 6.20 Å². The minimum Gasteiger partial charge on any atom is -0.409 e. The standard InChI is InChI=1S/C14H22N4O/c1-2-11-6-4-3-5-9-18(11)13-10-16-8-7-12(13)14(15)17-19/h7-8,10-11,19H,2-6,9H2,1H3,(H2,15,17). The van der Waals surface area contributed by atoms with E-state index in [-0.39, 0.29) is 5.84 Å². The lowest BCUT2D eigenvalue weighted by Crippen LogP contribution is -2.36. The lowest BCUT2D eigenvalue weighted by molar-refractivity contribution is 0.318. The molecule has 1 aromatic heterocycles. The highest BCUT2D eigenvalue weighted by Gasteiger charge is 2.22. The Bertz CT molecular complexity index is 447. The molecule has 1 aromatic rings. The van der Waals surface area contributed by atoms with Gasteiger partial charge >= 0.3 is 0 Å². The van der Waals surface area contributed by atoms with Crippen molar-refractivity contribution >= 4 is 11.5 Å². The maximum atomic E-state index is 8.91. The first-order valence-electron chi connectivity index (χ1n) is 6.96. The maximum absolute atomic E-state index is 8.91. The van der Waals surface area contributed by atoms with Crippen LogP contribution in [-0.4, -0.2) is 28.6 Å². The van der Waals surface area contributed by atoms with Crippen molar-refractivity contribution in [2.45, 2.75) is 45.1 Å². The fraction of sp³-hybridized carbons (Fsp3) is 0.571. The number of aromatic nitrogens is 1. The second kappa shape index (κ2) is 6.41. The van der Waals surface area contributed by atoms with E-state index >= 15 is 0 Å². The van der Waals surface area contributed by atoms with Crippen LogP contribution < -0.4 is 10.6 Å². The molecule has 2 rings (SSSR count). The van der Waals surface area contributed by atoms with Crippen LogP contribution in [0.1, 0.15) is 44.6 Å². The number of nitrogens with zero attached hydrogens (tertiary/aromatic N) is 3. The van der Waals surface area contributed by atoms with Crippen LogP contribution in [0.25, 0.3) is 0 Å². The van der Waals surface area contributed by atoms with E-state index in [1.165, 1.54) is 25.7 Å². The summed E-state index contributed by atoms with van der Waals surface area (Å²) in [5.41, 5.74) is 7.51. The molecule has 0 spiro atoms. The van der Waals surface area contributed by atoms with Gasteiger partial charge in [0.2, 0.25) is 0 Å². The molecule has 1 atom stereocenters. The molecule has 5 nitrogen and oxygen atoms in total. The molecule has 104 valence electrons. The van der Waals surface area contributed by atoms with Crippen molar-refractivity contribution in [1.82, 2.24) is 4.98 Å². The van der Waals surface area contributed by atoms with Crippen molar-refractivity contribution in [2.24, 2.45) is 10.9 Å². The molecule has 0 amide bonds. The summed E-state index contributed by atoms with van der Waals surface area (Å²) in [5.74, 6) is 0.150. The average Bonchev–Trinajstić information content (AvgIpc) is 2.71. The molecule has 2 heterocycles. The fourth-order valence-corrected chi connectivity index (χ4v) is 2.80. The van der Waals surface area contributed by atoms with Crippen LogP contribution in [0.2, 0.25) is 0 Å². The summed E-state index contributed by atoms with van der Waals surface area (Å²) in [6, 6.07) is 2.32. The van der Waals surface area contributed by atoms with Crippen molar-refractivity contribution in [3.63, 3.8) is 0 Å². The number of oxime groups is 1. The van der Waals surface area contributed by atoms with Crippen LogP contribution >= 0.6 is 0 Å². The first-order valence-corrected chi connectivity index (χ1v) is 6.96. The van der Waals surface area contributed by atoms with E-state index in [0.717, 1.165) is 24.2 Å². The van der Waals surface area contributed by atoms with Gasteiger partial charge in [0, 0.05) is 24.3 Å². The molecule has 1 fully saturated rings. The Hall–Kier alpha value is -1.78. The molecule has 0 aromatic carbocycles. The quantitative estimate of drug-likeness (QED) is 0.379. The van der Waals surface area contributed by atoms with Crippen molar-refractivity contribution < 1.29 is 5.21 Å². The third-order valence-electron chi connectivity index (χ3n) is 3.84. The molecule has 1 aliphatic rings. The Kier molecular flexibility index (Phi) is 4.60. The number of nitrogens with two attached hydrogens (primary N) is 1. The summed E-state index contributed by atoms with van der Waals surface area (Å²) in [4.78, 5) is 6.57. The van der Waals surface area contributed by atoms with Crippen molar-refractivity contribution in [3.05, 3.63) is 24.0 Å². The van der Waals surface area contributed by atoms with Crippen molar-refractivity contribution in [1.29, 1.82) is 0 Å². The SMILES string of the molecule is CCC1CCCCCN1c1cnccc1/C(N)=N/O.